The fourth-order valence-corrected chi connectivity index (χ4v) is 2.42. The zero-order valence-electron chi connectivity index (χ0n) is 10.1. The van der Waals surface area contributed by atoms with Gasteiger partial charge >= 0.3 is 0 Å². The monoisotopic (exact) mass is 248 g/mol. The van der Waals surface area contributed by atoms with E-state index in [1.54, 1.807) is 0 Å². The van der Waals surface area contributed by atoms with Crippen molar-refractivity contribution in [2.75, 3.05) is 13.2 Å². The van der Waals surface area contributed by atoms with Crippen LogP contribution in [0.4, 0.5) is 0 Å². The first-order chi connectivity index (χ1) is 8.02. The van der Waals surface area contributed by atoms with Crippen molar-refractivity contribution in [2.45, 2.75) is 56.6 Å². The molecule has 3 N–H and O–H groups in total. The third-order valence-corrected chi connectivity index (χ3v) is 3.63. The van der Waals surface area contributed by atoms with Crippen molar-refractivity contribution < 1.29 is 29.5 Å². The fraction of sp³-hybridized carbons (Fsp3) is 1.00. The molecule has 0 saturated carbocycles. The van der Waals surface area contributed by atoms with Crippen molar-refractivity contribution in [1.29, 1.82) is 0 Å². The lowest BCUT2D eigenvalue weighted by Gasteiger charge is -2.39. The lowest BCUT2D eigenvalue weighted by atomic mass is 9.98. The second-order valence-corrected chi connectivity index (χ2v) is 4.60. The van der Waals surface area contributed by atoms with Gasteiger partial charge in [0.1, 0.15) is 24.9 Å². The first-order valence-corrected chi connectivity index (χ1v) is 6.01. The molecule has 2 heterocycles. The third kappa shape index (κ3) is 1.89. The van der Waals surface area contributed by atoms with Crippen LogP contribution in [0.5, 0.6) is 0 Å². The zero-order chi connectivity index (χ0) is 12.7. The van der Waals surface area contributed by atoms with Gasteiger partial charge in [-0.1, -0.05) is 13.8 Å². The van der Waals surface area contributed by atoms with Crippen LogP contribution in [0, 0.1) is 0 Å². The van der Waals surface area contributed by atoms with E-state index >= 15 is 0 Å². The number of fused-ring (bicyclic) bond motifs is 1. The summed E-state index contributed by atoms with van der Waals surface area (Å²) < 4.78 is 16.8. The van der Waals surface area contributed by atoms with Gasteiger partial charge in [0.05, 0.1) is 6.61 Å². The van der Waals surface area contributed by atoms with Gasteiger partial charge in [-0.25, -0.2) is 0 Å². The van der Waals surface area contributed by atoms with E-state index in [-0.39, 0.29) is 6.61 Å². The molecular formula is C11H20O6. The standard InChI is InChI=1S/C11H20O6/c1-3-10(4-2)16-9-8(14)7(13)5-15-11(9,6-12)17-10/h7-9,12-14H,3-6H2,1-2H3/t7-,8-,9+,11+/m1/s1. The van der Waals surface area contributed by atoms with Gasteiger partial charge in [0.2, 0.25) is 5.79 Å². The SMILES string of the molecule is CCC1(CC)O[C@H]2[C@H](O)[C@H](O)CO[C@@]2(CO)O1. The van der Waals surface area contributed by atoms with Crippen LogP contribution < -0.4 is 0 Å². The molecule has 6 heteroatoms. The molecule has 2 rings (SSSR count). The van der Waals surface area contributed by atoms with E-state index in [1.807, 2.05) is 13.8 Å². The Balaban J connectivity index is 2.28. The summed E-state index contributed by atoms with van der Waals surface area (Å²) in [6.45, 7) is 3.30. The summed E-state index contributed by atoms with van der Waals surface area (Å²) in [6.07, 6.45) is -1.85. The molecule has 100 valence electrons. The maximum Gasteiger partial charge on any atom is 0.224 e. The van der Waals surface area contributed by atoms with Crippen molar-refractivity contribution in [3.05, 3.63) is 0 Å². The normalized spacial score (nSPS) is 44.6. The van der Waals surface area contributed by atoms with Crippen molar-refractivity contribution in [2.24, 2.45) is 0 Å². The minimum absolute atomic E-state index is 0.0783. The average molecular weight is 248 g/mol. The van der Waals surface area contributed by atoms with Crippen molar-refractivity contribution in [3.63, 3.8) is 0 Å². The maximum atomic E-state index is 9.92. The van der Waals surface area contributed by atoms with Crippen LogP contribution in [0.1, 0.15) is 26.7 Å². The maximum absolute atomic E-state index is 9.92. The molecule has 2 saturated heterocycles. The summed E-state index contributed by atoms with van der Waals surface area (Å²) in [7, 11) is 0. The topological polar surface area (TPSA) is 88.4 Å². The molecule has 0 unspecified atom stereocenters. The summed E-state index contributed by atoms with van der Waals surface area (Å²) in [4.78, 5) is 0. The Morgan fingerprint density at radius 3 is 2.41 bits per heavy atom. The molecule has 0 aromatic carbocycles. The lowest BCUT2D eigenvalue weighted by Crippen LogP contribution is -2.61. The van der Waals surface area contributed by atoms with E-state index in [0.29, 0.717) is 12.8 Å². The predicted molar refractivity (Wildman–Crippen MR) is 57.1 cm³/mol. The van der Waals surface area contributed by atoms with Crippen LogP contribution >= 0.6 is 0 Å². The summed E-state index contributed by atoms with van der Waals surface area (Å²) >= 11 is 0. The van der Waals surface area contributed by atoms with Gasteiger partial charge in [0, 0.05) is 0 Å². The highest BCUT2D eigenvalue weighted by molar-refractivity contribution is 5.00. The molecule has 0 aromatic heterocycles. The van der Waals surface area contributed by atoms with Gasteiger partial charge < -0.3 is 29.5 Å². The molecular weight excluding hydrogens is 228 g/mol. The molecule has 2 aliphatic heterocycles. The Kier molecular flexibility index (Phi) is 3.46. The van der Waals surface area contributed by atoms with E-state index in [1.165, 1.54) is 0 Å². The average Bonchev–Trinajstić information content (AvgIpc) is 2.71. The van der Waals surface area contributed by atoms with Crippen molar-refractivity contribution in [3.8, 4) is 0 Å². The second kappa shape index (κ2) is 4.46. The van der Waals surface area contributed by atoms with E-state index in [4.69, 9.17) is 14.2 Å². The highest BCUT2D eigenvalue weighted by Gasteiger charge is 2.62. The molecule has 6 nitrogen and oxygen atoms in total. The number of hydrogen-bond acceptors (Lipinski definition) is 6. The molecule has 4 atom stereocenters. The molecule has 0 radical (unpaired) electrons. The number of rotatable bonds is 3. The smallest absolute Gasteiger partial charge is 0.224 e. The van der Waals surface area contributed by atoms with Crippen LogP contribution in [0.15, 0.2) is 0 Å². The Bertz CT molecular complexity index is 279. The highest BCUT2D eigenvalue weighted by atomic mass is 16.9. The Hall–Kier alpha value is -0.240. The van der Waals surface area contributed by atoms with Crippen LogP contribution in [-0.2, 0) is 14.2 Å². The van der Waals surface area contributed by atoms with Gasteiger partial charge in [-0.2, -0.15) is 0 Å². The molecule has 0 spiro atoms. The summed E-state index contributed by atoms with van der Waals surface area (Å²) in [5, 5.41) is 28.9. The van der Waals surface area contributed by atoms with Crippen molar-refractivity contribution in [1.82, 2.24) is 0 Å². The Morgan fingerprint density at radius 1 is 1.24 bits per heavy atom. The fourth-order valence-electron chi connectivity index (χ4n) is 2.42. The van der Waals surface area contributed by atoms with Gasteiger partial charge in [0.15, 0.2) is 5.79 Å². The first kappa shape index (κ1) is 13.2. The van der Waals surface area contributed by atoms with Crippen LogP contribution in [0.25, 0.3) is 0 Å². The minimum atomic E-state index is -1.36. The summed E-state index contributed by atoms with van der Waals surface area (Å²) in [5.74, 6) is -2.22. The van der Waals surface area contributed by atoms with E-state index < -0.39 is 36.5 Å². The quantitative estimate of drug-likeness (QED) is 0.615. The molecule has 0 amide bonds. The van der Waals surface area contributed by atoms with Crippen LogP contribution in [0.2, 0.25) is 0 Å². The minimum Gasteiger partial charge on any atom is -0.391 e. The number of hydrogen-bond donors (Lipinski definition) is 3. The molecule has 2 fully saturated rings. The van der Waals surface area contributed by atoms with Gasteiger partial charge in [-0.05, 0) is 12.8 Å². The van der Waals surface area contributed by atoms with E-state index in [0.717, 1.165) is 0 Å². The second-order valence-electron chi connectivity index (χ2n) is 4.60. The van der Waals surface area contributed by atoms with E-state index in [9.17, 15) is 15.3 Å². The molecule has 17 heavy (non-hydrogen) atoms. The lowest BCUT2D eigenvalue weighted by molar-refractivity contribution is -0.308. The summed E-state index contributed by atoms with van der Waals surface area (Å²) in [6, 6.07) is 0. The predicted octanol–water partition coefficient (Wildman–Crippen LogP) is -0.641. The Labute approximate surface area is 100 Å². The first-order valence-electron chi connectivity index (χ1n) is 6.01. The molecule has 2 aliphatic rings. The molecule has 0 aromatic rings. The van der Waals surface area contributed by atoms with Gasteiger partial charge in [-0.3, -0.25) is 0 Å². The van der Waals surface area contributed by atoms with E-state index in [2.05, 4.69) is 0 Å². The summed E-state index contributed by atoms with van der Waals surface area (Å²) in [5.41, 5.74) is 0. The van der Waals surface area contributed by atoms with Gasteiger partial charge in [0.25, 0.3) is 0 Å². The highest BCUT2D eigenvalue weighted by Crippen LogP contribution is 2.45. The van der Waals surface area contributed by atoms with Crippen molar-refractivity contribution >= 4 is 0 Å². The number of aliphatic hydroxyl groups is 3. The van der Waals surface area contributed by atoms with Gasteiger partial charge in [-0.15, -0.1) is 0 Å². The Morgan fingerprint density at radius 2 is 1.88 bits per heavy atom. The van der Waals surface area contributed by atoms with Crippen LogP contribution in [0.3, 0.4) is 0 Å². The molecule has 0 aliphatic carbocycles. The number of ether oxygens (including phenoxy) is 3. The zero-order valence-corrected chi connectivity index (χ0v) is 10.1. The largest absolute Gasteiger partial charge is 0.391 e. The number of aliphatic hydroxyl groups excluding tert-OH is 3. The van der Waals surface area contributed by atoms with Crippen LogP contribution in [-0.4, -0.2) is 58.4 Å². The molecule has 0 bridgehead atoms. The third-order valence-electron chi connectivity index (χ3n) is 3.63.